The summed E-state index contributed by atoms with van der Waals surface area (Å²) in [5.41, 5.74) is 3.01. The molecule has 0 radical (unpaired) electrons. The Morgan fingerprint density at radius 1 is 1.58 bits per heavy atom. The number of allylic oxidation sites excluding steroid dienone is 1. The first kappa shape index (κ1) is 7.03. The van der Waals surface area contributed by atoms with E-state index >= 15 is 0 Å². The van der Waals surface area contributed by atoms with Crippen molar-refractivity contribution in [2.45, 2.75) is 6.92 Å². The Hall–Kier alpha value is -1.64. The van der Waals surface area contributed by atoms with Crippen molar-refractivity contribution in [3.05, 3.63) is 36.8 Å². The van der Waals surface area contributed by atoms with Crippen molar-refractivity contribution in [2.24, 2.45) is 0 Å². The second kappa shape index (κ2) is 2.44. The van der Waals surface area contributed by atoms with E-state index in [1.54, 1.807) is 4.52 Å². The summed E-state index contributed by atoms with van der Waals surface area (Å²) in [4.78, 5) is 4.07. The van der Waals surface area contributed by atoms with Gasteiger partial charge in [0.2, 0.25) is 0 Å². The molecule has 0 aliphatic rings. The van der Waals surface area contributed by atoms with Crippen LogP contribution in [-0.2, 0) is 0 Å². The van der Waals surface area contributed by atoms with Gasteiger partial charge in [-0.05, 0) is 24.6 Å². The summed E-state index contributed by atoms with van der Waals surface area (Å²) in [5, 5.41) is 4.00. The van der Waals surface area contributed by atoms with Crippen LogP contribution in [0.3, 0.4) is 0 Å². The summed E-state index contributed by atoms with van der Waals surface area (Å²) in [5.74, 6) is 0. The third kappa shape index (κ3) is 0.993. The second-order valence-electron chi connectivity index (χ2n) is 2.76. The van der Waals surface area contributed by atoms with Gasteiger partial charge in [0, 0.05) is 6.20 Å². The molecule has 0 bridgehead atoms. The zero-order chi connectivity index (χ0) is 8.55. The van der Waals surface area contributed by atoms with E-state index in [2.05, 4.69) is 16.7 Å². The van der Waals surface area contributed by atoms with E-state index in [4.69, 9.17) is 0 Å². The molecule has 2 aromatic heterocycles. The number of hydrogen-bond acceptors (Lipinski definition) is 2. The molecule has 0 N–H and O–H groups in total. The Labute approximate surface area is 70.4 Å². The molecule has 2 aromatic rings. The molecule has 0 fully saturated rings. The van der Waals surface area contributed by atoms with Crippen molar-refractivity contribution < 1.29 is 0 Å². The van der Waals surface area contributed by atoms with Crippen molar-refractivity contribution in [1.29, 1.82) is 0 Å². The van der Waals surface area contributed by atoms with Crippen molar-refractivity contribution in [3.63, 3.8) is 0 Å². The van der Waals surface area contributed by atoms with Gasteiger partial charge in [0.15, 0.2) is 5.65 Å². The highest BCUT2D eigenvalue weighted by Gasteiger charge is 1.97. The average molecular weight is 159 g/mol. The molecule has 60 valence electrons. The molecule has 3 heteroatoms. The topological polar surface area (TPSA) is 30.2 Å². The number of rotatable bonds is 1. The molecule has 2 rings (SSSR count). The van der Waals surface area contributed by atoms with Crippen LogP contribution in [0.2, 0.25) is 0 Å². The quantitative estimate of drug-likeness (QED) is 0.634. The van der Waals surface area contributed by atoms with Gasteiger partial charge in [0.05, 0.1) is 0 Å². The lowest BCUT2D eigenvalue weighted by Gasteiger charge is -1.98. The van der Waals surface area contributed by atoms with Crippen LogP contribution in [-0.4, -0.2) is 14.6 Å². The SMILES string of the molecule is C=C(C)c1ccn2ncnc2c1. The smallest absolute Gasteiger partial charge is 0.155 e. The lowest BCUT2D eigenvalue weighted by molar-refractivity contribution is 0.960. The van der Waals surface area contributed by atoms with Gasteiger partial charge in [-0.15, -0.1) is 0 Å². The van der Waals surface area contributed by atoms with E-state index in [1.807, 2.05) is 25.3 Å². The first-order chi connectivity index (χ1) is 5.77. The Bertz CT molecular complexity index is 428. The van der Waals surface area contributed by atoms with E-state index in [1.165, 1.54) is 6.33 Å². The van der Waals surface area contributed by atoms with E-state index in [0.29, 0.717) is 0 Å². The van der Waals surface area contributed by atoms with Crippen LogP contribution in [0.25, 0.3) is 11.2 Å². The zero-order valence-electron chi connectivity index (χ0n) is 6.86. The van der Waals surface area contributed by atoms with Gasteiger partial charge in [-0.2, -0.15) is 5.10 Å². The number of pyridine rings is 1. The van der Waals surface area contributed by atoms with Crippen LogP contribution in [0.4, 0.5) is 0 Å². The maximum absolute atomic E-state index is 4.07. The van der Waals surface area contributed by atoms with E-state index in [-0.39, 0.29) is 0 Å². The largest absolute Gasteiger partial charge is 0.221 e. The minimum absolute atomic E-state index is 0.857. The summed E-state index contributed by atoms with van der Waals surface area (Å²) < 4.78 is 1.73. The highest BCUT2D eigenvalue weighted by atomic mass is 15.3. The van der Waals surface area contributed by atoms with Crippen LogP contribution in [0.5, 0.6) is 0 Å². The third-order valence-corrected chi connectivity index (χ3v) is 1.77. The lowest BCUT2D eigenvalue weighted by atomic mass is 10.1. The molecular formula is C9H9N3. The average Bonchev–Trinajstić information content (AvgIpc) is 2.49. The first-order valence-corrected chi connectivity index (χ1v) is 3.72. The molecule has 0 amide bonds. The van der Waals surface area contributed by atoms with E-state index in [0.717, 1.165) is 16.8 Å². The van der Waals surface area contributed by atoms with Crippen LogP contribution < -0.4 is 0 Å². The normalized spacial score (nSPS) is 10.4. The summed E-state index contributed by atoms with van der Waals surface area (Å²) >= 11 is 0. The minimum Gasteiger partial charge on any atom is -0.221 e. The second-order valence-corrected chi connectivity index (χ2v) is 2.76. The molecule has 0 unspecified atom stereocenters. The van der Waals surface area contributed by atoms with Crippen molar-refractivity contribution in [3.8, 4) is 0 Å². The Morgan fingerprint density at radius 3 is 3.17 bits per heavy atom. The molecule has 0 aromatic carbocycles. The first-order valence-electron chi connectivity index (χ1n) is 3.72. The monoisotopic (exact) mass is 159 g/mol. The fourth-order valence-corrected chi connectivity index (χ4v) is 1.08. The van der Waals surface area contributed by atoms with Crippen LogP contribution in [0.1, 0.15) is 12.5 Å². The molecular weight excluding hydrogens is 150 g/mol. The molecule has 0 spiro atoms. The predicted molar refractivity (Wildman–Crippen MR) is 47.7 cm³/mol. The number of nitrogens with zero attached hydrogens (tertiary/aromatic N) is 3. The van der Waals surface area contributed by atoms with Crippen molar-refractivity contribution in [1.82, 2.24) is 14.6 Å². The summed E-state index contributed by atoms with van der Waals surface area (Å²) in [6.45, 7) is 5.83. The maximum Gasteiger partial charge on any atom is 0.155 e. The fraction of sp³-hybridized carbons (Fsp3) is 0.111. The molecule has 0 aliphatic carbocycles. The van der Waals surface area contributed by atoms with Gasteiger partial charge in [-0.25, -0.2) is 9.50 Å². The van der Waals surface area contributed by atoms with Crippen LogP contribution >= 0.6 is 0 Å². The van der Waals surface area contributed by atoms with E-state index < -0.39 is 0 Å². The molecule has 0 aliphatic heterocycles. The number of hydrogen-bond donors (Lipinski definition) is 0. The highest BCUT2D eigenvalue weighted by molar-refractivity contribution is 5.64. The molecule has 0 saturated heterocycles. The van der Waals surface area contributed by atoms with Crippen molar-refractivity contribution >= 4 is 11.2 Å². The van der Waals surface area contributed by atoms with Gasteiger partial charge in [0.1, 0.15) is 6.33 Å². The Balaban J connectivity index is 2.68. The molecule has 3 nitrogen and oxygen atoms in total. The van der Waals surface area contributed by atoms with Gasteiger partial charge in [-0.3, -0.25) is 0 Å². The fourth-order valence-electron chi connectivity index (χ4n) is 1.08. The van der Waals surface area contributed by atoms with Crippen LogP contribution in [0.15, 0.2) is 31.2 Å². The maximum atomic E-state index is 4.07. The molecule has 0 atom stereocenters. The summed E-state index contributed by atoms with van der Waals surface area (Å²) in [7, 11) is 0. The van der Waals surface area contributed by atoms with Crippen molar-refractivity contribution in [2.75, 3.05) is 0 Å². The molecule has 0 saturated carbocycles. The standard InChI is InChI=1S/C9H9N3/c1-7(2)8-3-4-12-9(5-8)10-6-11-12/h3-6H,1H2,2H3. The molecule has 2 heterocycles. The summed E-state index contributed by atoms with van der Waals surface area (Å²) in [6.07, 6.45) is 3.42. The predicted octanol–water partition coefficient (Wildman–Crippen LogP) is 1.76. The Morgan fingerprint density at radius 2 is 2.42 bits per heavy atom. The highest BCUT2D eigenvalue weighted by Crippen LogP contribution is 2.11. The molecule has 12 heavy (non-hydrogen) atoms. The lowest BCUT2D eigenvalue weighted by Crippen LogP contribution is -1.87. The van der Waals surface area contributed by atoms with Gasteiger partial charge in [0.25, 0.3) is 0 Å². The Kier molecular flexibility index (Phi) is 1.43. The minimum atomic E-state index is 0.857. The van der Waals surface area contributed by atoms with Gasteiger partial charge >= 0.3 is 0 Å². The number of fused-ring (bicyclic) bond motifs is 1. The zero-order valence-corrected chi connectivity index (χ0v) is 6.86. The number of aromatic nitrogens is 3. The van der Waals surface area contributed by atoms with E-state index in [9.17, 15) is 0 Å². The van der Waals surface area contributed by atoms with Crippen LogP contribution in [0, 0.1) is 0 Å². The third-order valence-electron chi connectivity index (χ3n) is 1.77. The summed E-state index contributed by atoms with van der Waals surface area (Å²) in [6, 6.07) is 3.94. The van der Waals surface area contributed by atoms with Gasteiger partial charge in [-0.1, -0.05) is 12.2 Å². The van der Waals surface area contributed by atoms with Gasteiger partial charge < -0.3 is 0 Å².